The summed E-state index contributed by atoms with van der Waals surface area (Å²) < 4.78 is 6.08. The van der Waals surface area contributed by atoms with E-state index in [1.54, 1.807) is 7.05 Å². The fraction of sp³-hybridized carbons (Fsp3) is 0.667. The second-order valence-corrected chi connectivity index (χ2v) is 9.35. The number of amides is 1. The third kappa shape index (κ3) is 7.31. The molecule has 168 valence electrons. The quantitative estimate of drug-likeness (QED) is 0.468. The third-order valence-electron chi connectivity index (χ3n) is 5.69. The maximum Gasteiger partial charge on any atom is 0.251 e. The van der Waals surface area contributed by atoms with Gasteiger partial charge in [-0.05, 0) is 49.3 Å². The summed E-state index contributed by atoms with van der Waals surface area (Å²) in [7, 11) is 1.78. The molecule has 0 bridgehead atoms. The van der Waals surface area contributed by atoms with Gasteiger partial charge in [-0.3, -0.25) is 9.79 Å². The number of nitrogens with zero attached hydrogens (tertiary/aromatic N) is 1. The summed E-state index contributed by atoms with van der Waals surface area (Å²) in [6, 6.07) is 7.90. The number of nitrogens with one attached hydrogen (secondary N) is 3. The lowest BCUT2D eigenvalue weighted by molar-refractivity contribution is -0.0835. The molecule has 3 atom stereocenters. The Morgan fingerprint density at radius 3 is 2.73 bits per heavy atom. The van der Waals surface area contributed by atoms with Crippen molar-refractivity contribution in [3.05, 3.63) is 35.4 Å². The van der Waals surface area contributed by atoms with E-state index in [-0.39, 0.29) is 23.5 Å². The number of hydrogen-bond donors (Lipinski definition) is 3. The van der Waals surface area contributed by atoms with Crippen LogP contribution in [0, 0.1) is 11.3 Å². The van der Waals surface area contributed by atoms with Crippen molar-refractivity contribution in [3.8, 4) is 0 Å². The molecule has 1 saturated heterocycles. The average molecular weight is 417 g/mol. The smallest absolute Gasteiger partial charge is 0.251 e. The van der Waals surface area contributed by atoms with Gasteiger partial charge in [0.2, 0.25) is 0 Å². The van der Waals surface area contributed by atoms with Crippen LogP contribution in [0.15, 0.2) is 29.3 Å². The second-order valence-electron chi connectivity index (χ2n) is 9.35. The zero-order chi connectivity index (χ0) is 22.1. The molecule has 1 aliphatic heterocycles. The van der Waals surface area contributed by atoms with E-state index in [1.165, 1.54) is 6.42 Å². The molecule has 1 fully saturated rings. The molecule has 1 amide bonds. The molecule has 1 aliphatic rings. The topological polar surface area (TPSA) is 74.8 Å². The van der Waals surface area contributed by atoms with Crippen LogP contribution in [0.2, 0.25) is 0 Å². The predicted octanol–water partition coefficient (Wildman–Crippen LogP) is 3.72. The Labute approximate surface area is 182 Å². The molecule has 0 radical (unpaired) electrons. The molecule has 3 unspecified atom stereocenters. The van der Waals surface area contributed by atoms with E-state index >= 15 is 0 Å². The molecule has 0 saturated carbocycles. The van der Waals surface area contributed by atoms with Crippen LogP contribution in [0.4, 0.5) is 0 Å². The number of carbonyl (C=O) groups is 1. The second kappa shape index (κ2) is 11.3. The van der Waals surface area contributed by atoms with Gasteiger partial charge in [0.25, 0.3) is 5.91 Å². The lowest BCUT2D eigenvalue weighted by atomic mass is 9.78. The van der Waals surface area contributed by atoms with Crippen molar-refractivity contribution in [2.75, 3.05) is 20.2 Å². The van der Waals surface area contributed by atoms with Gasteiger partial charge in [0.15, 0.2) is 5.96 Å². The highest BCUT2D eigenvalue weighted by atomic mass is 16.5. The molecule has 0 aromatic heterocycles. The number of carbonyl (C=O) groups excluding carboxylic acids is 1. The van der Waals surface area contributed by atoms with Gasteiger partial charge in [0.1, 0.15) is 0 Å². The van der Waals surface area contributed by atoms with E-state index in [2.05, 4.69) is 48.6 Å². The van der Waals surface area contributed by atoms with Crippen LogP contribution in [0.5, 0.6) is 0 Å². The summed E-state index contributed by atoms with van der Waals surface area (Å²) in [6.45, 7) is 13.1. The first-order chi connectivity index (χ1) is 14.2. The molecular weight excluding hydrogens is 376 g/mol. The first-order valence-electron chi connectivity index (χ1n) is 11.2. The van der Waals surface area contributed by atoms with Crippen molar-refractivity contribution in [1.29, 1.82) is 0 Å². The van der Waals surface area contributed by atoms with E-state index < -0.39 is 0 Å². The van der Waals surface area contributed by atoms with Gasteiger partial charge in [-0.25, -0.2) is 0 Å². The van der Waals surface area contributed by atoms with Crippen LogP contribution in [-0.2, 0) is 11.3 Å². The Morgan fingerprint density at radius 2 is 2.07 bits per heavy atom. The van der Waals surface area contributed by atoms with Crippen molar-refractivity contribution < 1.29 is 9.53 Å². The molecule has 1 heterocycles. The van der Waals surface area contributed by atoms with Gasteiger partial charge in [-0.1, -0.05) is 39.8 Å². The Morgan fingerprint density at radius 1 is 1.30 bits per heavy atom. The van der Waals surface area contributed by atoms with Crippen LogP contribution in [-0.4, -0.2) is 44.2 Å². The third-order valence-corrected chi connectivity index (χ3v) is 5.69. The monoisotopic (exact) mass is 416 g/mol. The van der Waals surface area contributed by atoms with E-state index in [0.29, 0.717) is 18.0 Å². The highest BCUT2D eigenvalue weighted by Crippen LogP contribution is 2.33. The van der Waals surface area contributed by atoms with E-state index in [0.717, 1.165) is 37.5 Å². The Kier molecular flexibility index (Phi) is 9.15. The fourth-order valence-corrected chi connectivity index (χ4v) is 3.88. The van der Waals surface area contributed by atoms with E-state index in [1.807, 2.05) is 31.2 Å². The van der Waals surface area contributed by atoms with Gasteiger partial charge in [-0.2, -0.15) is 0 Å². The maximum absolute atomic E-state index is 12.4. The Bertz CT molecular complexity index is 711. The van der Waals surface area contributed by atoms with Crippen LogP contribution in [0.25, 0.3) is 0 Å². The Balaban J connectivity index is 1.90. The minimum atomic E-state index is -0.0285. The van der Waals surface area contributed by atoms with E-state index in [4.69, 9.17) is 4.74 Å². The lowest BCUT2D eigenvalue weighted by Gasteiger charge is -2.40. The van der Waals surface area contributed by atoms with Crippen LogP contribution < -0.4 is 16.0 Å². The number of hydrogen-bond acceptors (Lipinski definition) is 3. The largest absolute Gasteiger partial charge is 0.377 e. The van der Waals surface area contributed by atoms with Crippen LogP contribution >= 0.6 is 0 Å². The van der Waals surface area contributed by atoms with Gasteiger partial charge >= 0.3 is 0 Å². The van der Waals surface area contributed by atoms with Gasteiger partial charge < -0.3 is 20.7 Å². The highest BCUT2D eigenvalue weighted by Gasteiger charge is 2.35. The molecule has 2 rings (SSSR count). The van der Waals surface area contributed by atoms with Crippen molar-refractivity contribution in [3.63, 3.8) is 0 Å². The zero-order valence-corrected chi connectivity index (χ0v) is 19.5. The SMILES string of the molecule is CCC(C)NC(=O)c1cccc(CNC(=NC)NCC2CCCOC2C(C)(C)C)c1. The summed E-state index contributed by atoms with van der Waals surface area (Å²) in [5.41, 5.74) is 1.85. The lowest BCUT2D eigenvalue weighted by Crippen LogP contribution is -2.47. The van der Waals surface area contributed by atoms with Crippen molar-refractivity contribution in [2.45, 2.75) is 72.6 Å². The van der Waals surface area contributed by atoms with Gasteiger partial charge in [-0.15, -0.1) is 0 Å². The minimum absolute atomic E-state index is 0.0285. The number of aliphatic imine (C=N–C) groups is 1. The molecule has 1 aromatic rings. The molecule has 3 N–H and O–H groups in total. The van der Waals surface area contributed by atoms with Crippen molar-refractivity contribution in [1.82, 2.24) is 16.0 Å². The van der Waals surface area contributed by atoms with Crippen molar-refractivity contribution in [2.24, 2.45) is 16.3 Å². The molecular formula is C24H40N4O2. The van der Waals surface area contributed by atoms with Crippen LogP contribution in [0.3, 0.4) is 0 Å². The van der Waals surface area contributed by atoms with Gasteiger partial charge in [0.05, 0.1) is 6.10 Å². The first kappa shape index (κ1) is 24.2. The van der Waals surface area contributed by atoms with Crippen LogP contribution in [0.1, 0.15) is 69.8 Å². The summed E-state index contributed by atoms with van der Waals surface area (Å²) in [6.07, 6.45) is 3.44. The van der Waals surface area contributed by atoms with E-state index in [9.17, 15) is 4.79 Å². The Hall–Kier alpha value is -2.08. The molecule has 30 heavy (non-hydrogen) atoms. The number of rotatable bonds is 7. The standard InChI is InChI=1S/C24H40N4O2/c1-7-17(2)28-22(29)19-11-8-10-18(14-19)15-26-23(25-6)27-16-20-12-9-13-30-21(20)24(3,4)5/h8,10-11,14,17,20-21H,7,9,12-13,15-16H2,1-6H3,(H,28,29)(H2,25,26,27). The zero-order valence-electron chi connectivity index (χ0n) is 19.5. The number of benzene rings is 1. The molecule has 0 aliphatic carbocycles. The summed E-state index contributed by atoms with van der Waals surface area (Å²) in [5, 5.41) is 9.84. The minimum Gasteiger partial charge on any atom is -0.377 e. The average Bonchev–Trinajstić information content (AvgIpc) is 2.73. The number of guanidine groups is 1. The highest BCUT2D eigenvalue weighted by molar-refractivity contribution is 5.94. The summed E-state index contributed by atoms with van der Waals surface area (Å²) >= 11 is 0. The predicted molar refractivity (Wildman–Crippen MR) is 124 cm³/mol. The maximum atomic E-state index is 12.4. The molecule has 0 spiro atoms. The van der Waals surface area contributed by atoms with Crippen molar-refractivity contribution >= 4 is 11.9 Å². The fourth-order valence-electron chi connectivity index (χ4n) is 3.88. The summed E-state index contributed by atoms with van der Waals surface area (Å²) in [4.78, 5) is 16.7. The molecule has 6 heteroatoms. The molecule has 1 aromatic carbocycles. The number of ether oxygens (including phenoxy) is 1. The molecule has 6 nitrogen and oxygen atoms in total. The van der Waals surface area contributed by atoms with Gasteiger partial charge in [0, 0.05) is 44.3 Å². The normalized spacial score (nSPS) is 21.1. The first-order valence-corrected chi connectivity index (χ1v) is 11.2. The summed E-state index contributed by atoms with van der Waals surface area (Å²) in [5.74, 6) is 1.20.